The lowest BCUT2D eigenvalue weighted by molar-refractivity contribution is 0.282. The first-order chi connectivity index (χ1) is 10.2. The van der Waals surface area contributed by atoms with Crippen LogP contribution in [-0.2, 0) is 6.42 Å². The van der Waals surface area contributed by atoms with E-state index in [2.05, 4.69) is 4.98 Å². The lowest BCUT2D eigenvalue weighted by atomic mass is 10.1. The van der Waals surface area contributed by atoms with Gasteiger partial charge in [-0.1, -0.05) is 38.5 Å². The summed E-state index contributed by atoms with van der Waals surface area (Å²) in [5.41, 5.74) is 1.57. The van der Waals surface area contributed by atoms with Gasteiger partial charge in [0, 0.05) is 12.7 Å². The Kier molecular flexibility index (Phi) is 8.83. The Morgan fingerprint density at radius 1 is 1.00 bits per heavy atom. The third-order valence-electron chi connectivity index (χ3n) is 3.76. The van der Waals surface area contributed by atoms with E-state index >= 15 is 0 Å². The summed E-state index contributed by atoms with van der Waals surface area (Å²) >= 11 is 0. The molecule has 0 unspecified atom stereocenters. The molecular formula is C17H29NO3. The molecule has 1 aromatic heterocycles. The van der Waals surface area contributed by atoms with Crippen LogP contribution in [0.4, 0.5) is 0 Å². The highest BCUT2D eigenvalue weighted by Crippen LogP contribution is 2.25. The first-order valence-electron chi connectivity index (χ1n) is 8.03. The number of ether oxygens (including phenoxy) is 1. The normalized spacial score (nSPS) is 10.8. The molecule has 0 aliphatic rings. The van der Waals surface area contributed by atoms with Crippen LogP contribution < -0.4 is 4.74 Å². The number of aliphatic hydroxyl groups excluding tert-OH is 1. The second-order valence-electron chi connectivity index (χ2n) is 5.58. The molecule has 4 nitrogen and oxygen atoms in total. The molecule has 2 N–H and O–H groups in total. The van der Waals surface area contributed by atoms with Crippen molar-refractivity contribution in [2.24, 2.45) is 0 Å². The lowest BCUT2D eigenvalue weighted by Gasteiger charge is -2.09. The largest absolute Gasteiger partial charge is 0.506 e. The number of unbranched alkanes of at least 4 members (excludes halogenated alkanes) is 7. The van der Waals surface area contributed by atoms with Crippen molar-refractivity contribution in [3.63, 3.8) is 0 Å². The van der Waals surface area contributed by atoms with E-state index in [-0.39, 0.29) is 0 Å². The Balaban J connectivity index is 2.19. The van der Waals surface area contributed by atoms with Crippen molar-refractivity contribution in [3.05, 3.63) is 17.3 Å². The topological polar surface area (TPSA) is 62.6 Å². The summed E-state index contributed by atoms with van der Waals surface area (Å²) in [5, 5.41) is 18.7. The van der Waals surface area contributed by atoms with Gasteiger partial charge in [0.25, 0.3) is 0 Å². The summed E-state index contributed by atoms with van der Waals surface area (Å²) in [5.74, 6) is 0.879. The molecule has 0 aromatic carbocycles. The third kappa shape index (κ3) is 6.80. The third-order valence-corrected chi connectivity index (χ3v) is 3.76. The Bertz CT molecular complexity index is 407. The van der Waals surface area contributed by atoms with Crippen LogP contribution in [0.25, 0.3) is 0 Å². The Hall–Kier alpha value is -1.29. The second kappa shape index (κ2) is 10.4. The number of aryl methyl sites for hydroxylation is 2. The number of hydrogen-bond donors (Lipinski definition) is 2. The number of rotatable bonds is 11. The van der Waals surface area contributed by atoms with E-state index in [0.29, 0.717) is 18.2 Å². The average Bonchev–Trinajstić information content (AvgIpc) is 2.49. The first kappa shape index (κ1) is 17.8. The molecule has 4 heteroatoms. The highest BCUT2D eigenvalue weighted by molar-refractivity contribution is 5.38. The molecule has 0 aliphatic carbocycles. The Morgan fingerprint density at radius 2 is 1.57 bits per heavy atom. The predicted molar refractivity (Wildman–Crippen MR) is 84.9 cm³/mol. The molecule has 1 heterocycles. The van der Waals surface area contributed by atoms with Gasteiger partial charge in [-0.2, -0.15) is 0 Å². The van der Waals surface area contributed by atoms with Crippen LogP contribution in [-0.4, -0.2) is 28.9 Å². The molecular weight excluding hydrogens is 266 g/mol. The maximum Gasteiger partial charge on any atom is 0.213 e. The molecule has 120 valence electrons. The molecule has 0 amide bonds. The van der Waals surface area contributed by atoms with E-state index in [9.17, 15) is 5.11 Å². The SMILES string of the molecule is COc1cc(C)c(O)c(CCCCCCCCCCO)n1. The lowest BCUT2D eigenvalue weighted by Crippen LogP contribution is -1.97. The van der Waals surface area contributed by atoms with Gasteiger partial charge in [0.2, 0.25) is 5.88 Å². The summed E-state index contributed by atoms with van der Waals surface area (Å²) in [7, 11) is 1.60. The molecule has 0 atom stereocenters. The Morgan fingerprint density at radius 3 is 2.14 bits per heavy atom. The minimum absolute atomic E-state index is 0.305. The number of pyridine rings is 1. The van der Waals surface area contributed by atoms with Gasteiger partial charge in [-0.25, -0.2) is 4.98 Å². The van der Waals surface area contributed by atoms with Crippen molar-refractivity contribution in [2.75, 3.05) is 13.7 Å². The molecule has 0 radical (unpaired) electrons. The summed E-state index contributed by atoms with van der Waals surface area (Å²) in [6.45, 7) is 2.19. The molecule has 1 rings (SSSR count). The molecule has 0 spiro atoms. The zero-order chi connectivity index (χ0) is 15.5. The zero-order valence-electron chi connectivity index (χ0n) is 13.4. The van der Waals surface area contributed by atoms with Crippen LogP contribution >= 0.6 is 0 Å². The van der Waals surface area contributed by atoms with E-state index in [0.717, 1.165) is 43.4 Å². The molecule has 21 heavy (non-hydrogen) atoms. The van der Waals surface area contributed by atoms with Gasteiger partial charge in [0.15, 0.2) is 0 Å². The van der Waals surface area contributed by atoms with Crippen molar-refractivity contribution in [2.45, 2.75) is 64.7 Å². The van der Waals surface area contributed by atoms with Gasteiger partial charge >= 0.3 is 0 Å². The van der Waals surface area contributed by atoms with Crippen LogP contribution in [0.1, 0.15) is 62.6 Å². The fourth-order valence-electron chi connectivity index (χ4n) is 2.44. The summed E-state index contributed by atoms with van der Waals surface area (Å²) in [6, 6.07) is 1.76. The van der Waals surface area contributed by atoms with Crippen LogP contribution in [0.15, 0.2) is 6.07 Å². The van der Waals surface area contributed by atoms with E-state index < -0.39 is 0 Å². The monoisotopic (exact) mass is 295 g/mol. The van der Waals surface area contributed by atoms with Crippen LogP contribution in [0.3, 0.4) is 0 Å². The van der Waals surface area contributed by atoms with Crippen LogP contribution in [0.5, 0.6) is 11.6 Å². The van der Waals surface area contributed by atoms with Gasteiger partial charge in [-0.3, -0.25) is 0 Å². The summed E-state index contributed by atoms with van der Waals surface area (Å²) in [6.07, 6.45) is 10.0. The molecule has 0 bridgehead atoms. The second-order valence-corrected chi connectivity index (χ2v) is 5.58. The zero-order valence-corrected chi connectivity index (χ0v) is 13.4. The summed E-state index contributed by atoms with van der Waals surface area (Å²) < 4.78 is 5.14. The maximum absolute atomic E-state index is 10.0. The highest BCUT2D eigenvalue weighted by Gasteiger charge is 2.09. The molecule has 0 saturated heterocycles. The maximum atomic E-state index is 10.0. The van der Waals surface area contributed by atoms with Crippen molar-refractivity contribution in [1.29, 1.82) is 0 Å². The number of aromatic nitrogens is 1. The molecule has 0 fully saturated rings. The van der Waals surface area contributed by atoms with Crippen molar-refractivity contribution in [3.8, 4) is 11.6 Å². The van der Waals surface area contributed by atoms with Crippen molar-refractivity contribution in [1.82, 2.24) is 4.98 Å². The quantitative estimate of drug-likeness (QED) is 0.610. The van der Waals surface area contributed by atoms with Crippen LogP contribution in [0.2, 0.25) is 0 Å². The van der Waals surface area contributed by atoms with E-state index in [4.69, 9.17) is 9.84 Å². The van der Waals surface area contributed by atoms with Crippen molar-refractivity contribution < 1.29 is 14.9 Å². The standard InChI is InChI=1S/C17H29NO3/c1-14-13-16(21-2)18-15(17(14)20)11-9-7-5-3-4-6-8-10-12-19/h13,19-20H,3-12H2,1-2H3. The minimum Gasteiger partial charge on any atom is -0.506 e. The number of nitrogens with zero attached hydrogens (tertiary/aromatic N) is 1. The first-order valence-corrected chi connectivity index (χ1v) is 8.03. The fraction of sp³-hybridized carbons (Fsp3) is 0.706. The fourth-order valence-corrected chi connectivity index (χ4v) is 2.44. The molecule has 0 aliphatic heterocycles. The predicted octanol–water partition coefficient (Wildman–Crippen LogP) is 3.76. The van der Waals surface area contributed by atoms with E-state index in [1.807, 2.05) is 6.92 Å². The number of hydrogen-bond acceptors (Lipinski definition) is 4. The van der Waals surface area contributed by atoms with E-state index in [1.54, 1.807) is 13.2 Å². The number of methoxy groups -OCH3 is 1. The van der Waals surface area contributed by atoms with Crippen LogP contribution in [0, 0.1) is 6.92 Å². The van der Waals surface area contributed by atoms with E-state index in [1.165, 1.54) is 25.7 Å². The van der Waals surface area contributed by atoms with Gasteiger partial charge in [-0.15, -0.1) is 0 Å². The molecule has 1 aromatic rings. The highest BCUT2D eigenvalue weighted by atomic mass is 16.5. The van der Waals surface area contributed by atoms with Crippen molar-refractivity contribution >= 4 is 0 Å². The smallest absolute Gasteiger partial charge is 0.213 e. The van der Waals surface area contributed by atoms with Gasteiger partial charge in [0.05, 0.1) is 12.8 Å². The average molecular weight is 295 g/mol. The van der Waals surface area contributed by atoms with Gasteiger partial charge in [-0.05, 0) is 31.7 Å². The number of aliphatic hydroxyl groups is 1. The Labute approximate surface area is 128 Å². The van der Waals surface area contributed by atoms with Gasteiger partial charge in [0.1, 0.15) is 5.75 Å². The molecule has 0 saturated carbocycles. The number of aromatic hydroxyl groups is 1. The summed E-state index contributed by atoms with van der Waals surface area (Å²) in [4.78, 5) is 4.32. The van der Waals surface area contributed by atoms with Gasteiger partial charge < -0.3 is 14.9 Å². The minimum atomic E-state index is 0.305.